The van der Waals surface area contributed by atoms with Crippen molar-refractivity contribution in [3.05, 3.63) is 57.7 Å². The van der Waals surface area contributed by atoms with E-state index < -0.39 is 0 Å². The van der Waals surface area contributed by atoms with Crippen molar-refractivity contribution in [2.45, 2.75) is 17.5 Å². The summed E-state index contributed by atoms with van der Waals surface area (Å²) in [5.74, 6) is 1.58. The number of ether oxygens (including phenoxy) is 1. The van der Waals surface area contributed by atoms with Gasteiger partial charge in [-0.2, -0.15) is 0 Å². The van der Waals surface area contributed by atoms with Gasteiger partial charge in [0.1, 0.15) is 10.8 Å². The first-order chi connectivity index (χ1) is 12.8. The summed E-state index contributed by atoms with van der Waals surface area (Å²) in [7, 11) is 1.67. The van der Waals surface area contributed by atoms with E-state index in [4.69, 9.17) is 9.72 Å². The van der Waals surface area contributed by atoms with E-state index in [1.54, 1.807) is 41.5 Å². The maximum atomic E-state index is 5.20. The molecule has 3 heterocycles. The lowest BCUT2D eigenvalue weighted by atomic mass is 10.2. The molecule has 4 aromatic rings. The number of rotatable bonds is 7. The Bertz CT molecular complexity index is 963. The number of hydrogen-bond donors (Lipinski definition) is 0. The zero-order valence-electron chi connectivity index (χ0n) is 13.9. The molecule has 0 unspecified atom stereocenters. The third-order valence-electron chi connectivity index (χ3n) is 3.62. The minimum absolute atomic E-state index is 0.696. The Morgan fingerprint density at radius 1 is 1.15 bits per heavy atom. The van der Waals surface area contributed by atoms with E-state index in [1.807, 2.05) is 35.0 Å². The Kier molecular flexibility index (Phi) is 5.28. The van der Waals surface area contributed by atoms with Crippen LogP contribution in [0.15, 0.2) is 52.3 Å². The second-order valence-electron chi connectivity index (χ2n) is 5.36. The molecule has 3 aromatic heterocycles. The number of hydrogen-bond acceptors (Lipinski definition) is 8. The van der Waals surface area contributed by atoms with Gasteiger partial charge in [-0.05, 0) is 46.1 Å². The summed E-state index contributed by atoms with van der Waals surface area (Å²) in [4.78, 5) is 5.95. The van der Waals surface area contributed by atoms with Crippen LogP contribution >= 0.6 is 34.4 Å². The summed E-state index contributed by atoms with van der Waals surface area (Å²) in [6.45, 7) is 0.696. The minimum Gasteiger partial charge on any atom is -0.497 e. The predicted octanol–water partition coefficient (Wildman–Crippen LogP) is 4.21. The van der Waals surface area contributed by atoms with Crippen LogP contribution in [0, 0.1) is 0 Å². The van der Waals surface area contributed by atoms with Crippen molar-refractivity contribution in [1.82, 2.24) is 25.2 Å². The summed E-state index contributed by atoms with van der Waals surface area (Å²) in [5, 5.41) is 18.0. The summed E-state index contributed by atoms with van der Waals surface area (Å²) in [6.07, 6.45) is 0. The quantitative estimate of drug-likeness (QED) is 0.432. The molecule has 1 aromatic carbocycles. The van der Waals surface area contributed by atoms with E-state index in [1.165, 1.54) is 4.88 Å². The van der Waals surface area contributed by atoms with E-state index in [0.717, 1.165) is 32.9 Å². The van der Waals surface area contributed by atoms with Crippen LogP contribution in [0.25, 0.3) is 10.6 Å². The molecular weight excluding hydrogens is 386 g/mol. The first-order valence-electron chi connectivity index (χ1n) is 7.82. The molecule has 26 heavy (non-hydrogen) atoms. The molecule has 132 valence electrons. The van der Waals surface area contributed by atoms with Crippen molar-refractivity contribution >= 4 is 34.4 Å². The minimum atomic E-state index is 0.696. The Balaban J connectivity index is 1.41. The molecule has 4 rings (SSSR count). The van der Waals surface area contributed by atoms with Gasteiger partial charge in [0.2, 0.25) is 5.16 Å². The normalized spacial score (nSPS) is 11.0. The van der Waals surface area contributed by atoms with Crippen LogP contribution in [0.4, 0.5) is 0 Å². The Labute approximate surface area is 162 Å². The van der Waals surface area contributed by atoms with Gasteiger partial charge in [-0.25, -0.2) is 9.67 Å². The lowest BCUT2D eigenvalue weighted by molar-refractivity contribution is 0.415. The van der Waals surface area contributed by atoms with Gasteiger partial charge in [0.05, 0.1) is 19.3 Å². The standard InChI is InChI=1S/C17H15N5OS3/c1-23-14-6-4-12(5-7-14)16-18-13(10-25-16)11-26-17-19-20-21-22(17)9-15-3-2-8-24-15/h2-8,10H,9,11H2,1H3. The molecule has 0 saturated carbocycles. The van der Waals surface area contributed by atoms with Crippen LogP contribution in [0.3, 0.4) is 0 Å². The molecule has 0 N–H and O–H groups in total. The third-order valence-corrected chi connectivity index (χ3v) is 6.41. The smallest absolute Gasteiger partial charge is 0.210 e. The molecule has 0 atom stereocenters. The number of thiophene rings is 1. The molecular formula is C17H15N5OS3. The third kappa shape index (κ3) is 3.95. The van der Waals surface area contributed by atoms with Crippen molar-refractivity contribution in [3.63, 3.8) is 0 Å². The van der Waals surface area contributed by atoms with Gasteiger partial charge in [-0.3, -0.25) is 0 Å². The molecule has 0 aliphatic rings. The van der Waals surface area contributed by atoms with Crippen molar-refractivity contribution in [3.8, 4) is 16.3 Å². The number of thiazole rings is 1. The first-order valence-corrected chi connectivity index (χ1v) is 10.6. The second kappa shape index (κ2) is 7.98. The zero-order chi connectivity index (χ0) is 17.8. The van der Waals surface area contributed by atoms with Crippen molar-refractivity contribution < 1.29 is 4.74 Å². The number of thioether (sulfide) groups is 1. The molecule has 0 bridgehead atoms. The fourth-order valence-corrected chi connectivity index (χ4v) is 4.71. The average molecular weight is 402 g/mol. The van der Waals surface area contributed by atoms with Gasteiger partial charge < -0.3 is 4.74 Å². The lowest BCUT2D eigenvalue weighted by Gasteiger charge is -2.02. The van der Waals surface area contributed by atoms with Gasteiger partial charge >= 0.3 is 0 Å². The first kappa shape index (κ1) is 17.2. The van der Waals surface area contributed by atoms with E-state index in [-0.39, 0.29) is 0 Å². The van der Waals surface area contributed by atoms with Crippen LogP contribution in [-0.4, -0.2) is 32.3 Å². The highest BCUT2D eigenvalue weighted by Gasteiger charge is 2.11. The molecule has 0 radical (unpaired) electrons. The fourth-order valence-electron chi connectivity index (χ4n) is 2.33. The lowest BCUT2D eigenvalue weighted by Crippen LogP contribution is -2.02. The Morgan fingerprint density at radius 3 is 2.81 bits per heavy atom. The number of benzene rings is 1. The van der Waals surface area contributed by atoms with Crippen molar-refractivity contribution in [2.75, 3.05) is 7.11 Å². The summed E-state index contributed by atoms with van der Waals surface area (Å²) < 4.78 is 7.02. The highest BCUT2D eigenvalue weighted by molar-refractivity contribution is 7.98. The number of aromatic nitrogens is 5. The van der Waals surface area contributed by atoms with Crippen LogP contribution < -0.4 is 4.74 Å². The van der Waals surface area contributed by atoms with Crippen molar-refractivity contribution in [2.24, 2.45) is 0 Å². The van der Waals surface area contributed by atoms with E-state index in [0.29, 0.717) is 6.54 Å². The number of tetrazole rings is 1. The molecule has 6 nitrogen and oxygen atoms in total. The average Bonchev–Trinajstić information content (AvgIpc) is 3.43. The fraction of sp³-hybridized carbons (Fsp3) is 0.176. The highest BCUT2D eigenvalue weighted by atomic mass is 32.2. The van der Waals surface area contributed by atoms with Crippen LogP contribution in [0.1, 0.15) is 10.6 Å². The second-order valence-corrected chi connectivity index (χ2v) is 8.19. The van der Waals surface area contributed by atoms with Gasteiger partial charge in [0.15, 0.2) is 0 Å². The molecule has 0 saturated heterocycles. The van der Waals surface area contributed by atoms with Gasteiger partial charge in [-0.15, -0.1) is 27.8 Å². The van der Waals surface area contributed by atoms with E-state index in [9.17, 15) is 0 Å². The molecule has 0 aliphatic heterocycles. The van der Waals surface area contributed by atoms with Crippen LogP contribution in [0.5, 0.6) is 5.75 Å². The SMILES string of the molecule is COc1ccc(-c2nc(CSc3nnnn3Cc3cccs3)cs2)cc1. The van der Waals surface area contributed by atoms with Gasteiger partial charge in [0, 0.05) is 21.6 Å². The van der Waals surface area contributed by atoms with Gasteiger partial charge in [0.25, 0.3) is 0 Å². The molecule has 0 amide bonds. The molecule has 0 aliphatic carbocycles. The van der Waals surface area contributed by atoms with E-state index in [2.05, 4.69) is 32.4 Å². The Hall–Kier alpha value is -2.23. The zero-order valence-corrected chi connectivity index (χ0v) is 16.4. The van der Waals surface area contributed by atoms with E-state index >= 15 is 0 Å². The summed E-state index contributed by atoms with van der Waals surface area (Å²) >= 11 is 4.94. The predicted molar refractivity (Wildman–Crippen MR) is 105 cm³/mol. The number of nitrogens with zero attached hydrogens (tertiary/aromatic N) is 5. The van der Waals surface area contributed by atoms with Crippen LogP contribution in [0.2, 0.25) is 0 Å². The maximum absolute atomic E-state index is 5.20. The molecule has 0 fully saturated rings. The summed E-state index contributed by atoms with van der Waals surface area (Å²) in [5.41, 5.74) is 2.12. The topological polar surface area (TPSA) is 65.7 Å². The Morgan fingerprint density at radius 2 is 2.04 bits per heavy atom. The molecule has 0 spiro atoms. The van der Waals surface area contributed by atoms with Crippen LogP contribution in [-0.2, 0) is 12.3 Å². The maximum Gasteiger partial charge on any atom is 0.210 e. The molecule has 9 heteroatoms. The largest absolute Gasteiger partial charge is 0.497 e. The monoisotopic (exact) mass is 401 g/mol. The summed E-state index contributed by atoms with van der Waals surface area (Å²) in [6, 6.07) is 12.1. The van der Waals surface area contributed by atoms with Gasteiger partial charge in [-0.1, -0.05) is 17.8 Å². The highest BCUT2D eigenvalue weighted by Crippen LogP contribution is 2.28. The van der Waals surface area contributed by atoms with Crippen molar-refractivity contribution in [1.29, 1.82) is 0 Å². The number of methoxy groups -OCH3 is 1.